The summed E-state index contributed by atoms with van der Waals surface area (Å²) < 4.78 is 8.56. The second kappa shape index (κ2) is 36.6. The monoisotopic (exact) mass is 1880 g/mol. The third kappa shape index (κ3) is 14.7. The molecule has 6 nitrogen and oxygen atoms in total. The first kappa shape index (κ1) is 86.6. The highest BCUT2D eigenvalue weighted by molar-refractivity contribution is 7.02. The number of rotatable bonds is 19. The molecule has 24 aromatic rings. The van der Waals surface area contributed by atoms with Gasteiger partial charge in [-0.05, 0) is 223 Å². The van der Waals surface area contributed by atoms with E-state index >= 15 is 0 Å². The molecule has 148 heavy (non-hydrogen) atoms. The summed E-state index contributed by atoms with van der Waals surface area (Å²) >= 11 is 0. The zero-order valence-corrected chi connectivity index (χ0v) is 81.0. The van der Waals surface area contributed by atoms with Gasteiger partial charge < -0.3 is 29.2 Å². The summed E-state index contributed by atoms with van der Waals surface area (Å²) in [5.74, 6) is 1.49. The van der Waals surface area contributed by atoms with Crippen LogP contribution in [0.4, 0.5) is 85.3 Å². The third-order valence-corrected chi connectivity index (χ3v) is 30.4. The summed E-state index contributed by atoms with van der Waals surface area (Å²) in [4.78, 5) is 12.9. The quantitative estimate of drug-likeness (QED) is 0.0591. The smallest absolute Gasteiger partial charge is 0.256 e. The molecule has 0 unspecified atom stereocenters. The molecule has 4 aliphatic rings. The second-order valence-corrected chi connectivity index (χ2v) is 38.7. The average molecular weight is 1880 g/mol. The third-order valence-electron chi connectivity index (χ3n) is 30.4. The Hall–Kier alpha value is -19.3. The van der Waals surface area contributed by atoms with E-state index in [0.717, 1.165) is 219 Å². The molecule has 0 spiro atoms. The molecule has 690 valence electrons. The Morgan fingerprint density at radius 2 is 0.507 bits per heavy atom. The summed E-state index contributed by atoms with van der Waals surface area (Å²) in [6.07, 6.45) is 0. The maximum atomic E-state index is 8.56. The Kier molecular flexibility index (Phi) is 21.4. The highest BCUT2D eigenvalue weighted by atomic mass is 16.5. The molecule has 0 aliphatic carbocycles. The second-order valence-electron chi connectivity index (χ2n) is 38.7. The molecule has 0 bridgehead atoms. The van der Waals surface area contributed by atoms with Gasteiger partial charge in [-0.15, -0.1) is 0 Å². The molecule has 0 saturated heterocycles. The largest absolute Gasteiger partial charge is 0.458 e. The van der Waals surface area contributed by atoms with Gasteiger partial charge in [0, 0.05) is 91.0 Å². The standard InChI is InChI=1S/C140H93B2N5O/c1-9-44-94(45-10-1)102-58-41-60-104(86-102)114-72-43-73-115(105-61-42-59-103(87-105)95-46-11-2-12-47-95)140(114)147-130-93-134-123(92-122(130)141-121-75-34-40-81-129(121)146(127-79-38-32-67-113(127)99-54-19-6-20-55-99)131-88-108(89-132(147)138(131)141)143(106-62-23-8-24-63-106)124-76-35-29-64-110(124)96-48-13-3-14-49-96)142-120-74-33-39-80-128(120)144(107-84-82-101(83-85-107)137-118-70-27-25-68-116(118)136(100-56-21-7-22-57-100)117-69-26-28-71-119(117)137)133-90-109(91-135(148-134)139(133)142)145(125-77-36-30-65-111(125)97-50-15-4-16-51-97)126-78-37-31-66-112(126)98-52-17-5-18-53-98/h1-93H. The maximum Gasteiger partial charge on any atom is 0.256 e. The van der Waals surface area contributed by atoms with Crippen LogP contribution in [-0.2, 0) is 0 Å². The van der Waals surface area contributed by atoms with Crippen molar-refractivity contribution in [3.05, 3.63) is 564 Å². The molecule has 0 saturated carbocycles. The summed E-state index contributed by atoms with van der Waals surface area (Å²) in [5.41, 5.74) is 44.1. The Bertz CT molecular complexity index is 9040. The van der Waals surface area contributed by atoms with Crippen LogP contribution in [0.1, 0.15) is 0 Å². The molecule has 8 heteroatoms. The highest BCUT2D eigenvalue weighted by Crippen LogP contribution is 2.58. The van der Waals surface area contributed by atoms with Crippen molar-refractivity contribution in [3.8, 4) is 123 Å². The van der Waals surface area contributed by atoms with Crippen LogP contribution in [0.3, 0.4) is 0 Å². The number of ether oxygens (including phenoxy) is 1. The molecule has 0 fully saturated rings. The van der Waals surface area contributed by atoms with Crippen molar-refractivity contribution in [2.24, 2.45) is 0 Å². The molecule has 28 rings (SSSR count). The van der Waals surface area contributed by atoms with Gasteiger partial charge in [-0.2, -0.15) is 0 Å². The highest BCUT2D eigenvalue weighted by Gasteiger charge is 2.50. The van der Waals surface area contributed by atoms with Gasteiger partial charge in [0.2, 0.25) is 0 Å². The Balaban J connectivity index is 0.748. The van der Waals surface area contributed by atoms with Gasteiger partial charge >= 0.3 is 0 Å². The number of benzene rings is 24. The van der Waals surface area contributed by atoms with Crippen LogP contribution < -0.4 is 62.0 Å². The minimum absolute atomic E-state index is 0.402. The number of nitrogens with zero attached hydrogens (tertiary/aromatic N) is 5. The molecule has 4 heterocycles. The normalized spacial score (nSPS) is 12.3. The van der Waals surface area contributed by atoms with E-state index in [9.17, 15) is 0 Å². The molecular formula is C140H93B2N5O. The summed E-state index contributed by atoms with van der Waals surface area (Å²) in [6, 6.07) is 210. The average Bonchev–Trinajstić information content (AvgIpc) is 0.681. The Labute approximate surface area is 863 Å². The van der Waals surface area contributed by atoms with E-state index < -0.39 is 13.4 Å². The van der Waals surface area contributed by atoms with Crippen LogP contribution in [0.25, 0.3) is 133 Å². The van der Waals surface area contributed by atoms with Crippen molar-refractivity contribution in [3.63, 3.8) is 0 Å². The number of hydrogen-bond donors (Lipinski definition) is 0. The number of hydrogen-bond acceptors (Lipinski definition) is 6. The summed E-state index contributed by atoms with van der Waals surface area (Å²) in [5, 5.41) is 4.81. The van der Waals surface area contributed by atoms with Crippen molar-refractivity contribution in [1.29, 1.82) is 0 Å². The molecule has 0 N–H and O–H groups in total. The van der Waals surface area contributed by atoms with Crippen molar-refractivity contribution in [1.82, 2.24) is 0 Å². The number of para-hydroxylation sites is 8. The molecule has 0 atom stereocenters. The maximum absolute atomic E-state index is 8.56. The van der Waals surface area contributed by atoms with Gasteiger partial charge in [0.1, 0.15) is 11.5 Å². The molecule has 24 aromatic carbocycles. The van der Waals surface area contributed by atoms with Crippen LogP contribution in [0, 0.1) is 0 Å². The first-order chi connectivity index (χ1) is 73.5. The Morgan fingerprint density at radius 1 is 0.169 bits per heavy atom. The molecule has 0 radical (unpaired) electrons. The van der Waals surface area contributed by atoms with Gasteiger partial charge in [-0.25, -0.2) is 0 Å². The van der Waals surface area contributed by atoms with E-state index in [1.807, 2.05) is 0 Å². The molecule has 0 aromatic heterocycles. The number of anilines is 15. The lowest BCUT2D eigenvalue weighted by Crippen LogP contribution is -2.64. The van der Waals surface area contributed by atoms with Gasteiger partial charge in [0.15, 0.2) is 0 Å². The fourth-order valence-corrected chi connectivity index (χ4v) is 24.1. The summed E-state index contributed by atoms with van der Waals surface area (Å²) in [6.45, 7) is -0.809. The van der Waals surface area contributed by atoms with E-state index in [0.29, 0.717) is 0 Å². The molecule has 0 amide bonds. The van der Waals surface area contributed by atoms with E-state index in [1.54, 1.807) is 0 Å². The van der Waals surface area contributed by atoms with Crippen LogP contribution in [0.5, 0.6) is 11.5 Å². The predicted molar refractivity (Wildman–Crippen MR) is 625 cm³/mol. The van der Waals surface area contributed by atoms with E-state index in [1.165, 1.54) is 43.7 Å². The summed E-state index contributed by atoms with van der Waals surface area (Å²) in [7, 11) is 0. The minimum atomic E-state index is -0.407. The van der Waals surface area contributed by atoms with Crippen LogP contribution in [0.2, 0.25) is 0 Å². The first-order valence-corrected chi connectivity index (χ1v) is 51.1. The minimum Gasteiger partial charge on any atom is -0.458 e. The molecular weight excluding hydrogens is 1790 g/mol. The first-order valence-electron chi connectivity index (χ1n) is 51.1. The van der Waals surface area contributed by atoms with E-state index in [4.69, 9.17) is 4.74 Å². The SMILES string of the molecule is c1ccc(-c2cccc(-c3cccc(-c4cccc(-c5ccccc5)c4)c3N3c4cc5c(cc4B4c6ccccc6N(c6ccccc6-c6ccccc6)c6cc(N(c7ccccc7)c7ccccc7-c7ccccc7)cc3c64)B3c4ccccc4N(c4ccc(-c6c7ccccc7c(-c7ccccc7)c7ccccc67)cc4)c4cc(N(c6ccccc6-c6ccccc6)c6ccccc6-c6ccccc6)cc(c43)O5)c2)cc1. The van der Waals surface area contributed by atoms with Gasteiger partial charge in [0.25, 0.3) is 13.4 Å². The fraction of sp³-hybridized carbons (Fsp3) is 0. The van der Waals surface area contributed by atoms with Gasteiger partial charge in [-0.3, -0.25) is 0 Å². The zero-order chi connectivity index (χ0) is 97.6. The fourth-order valence-electron chi connectivity index (χ4n) is 24.1. The lowest BCUT2D eigenvalue weighted by atomic mass is 9.30. The van der Waals surface area contributed by atoms with E-state index in [2.05, 4.69) is 589 Å². The molecule has 4 aliphatic heterocycles. The predicted octanol–water partition coefficient (Wildman–Crippen LogP) is 34.1. The number of fused-ring (bicyclic) bond motifs is 10. The van der Waals surface area contributed by atoms with Crippen molar-refractivity contribution in [2.75, 3.05) is 24.5 Å². The van der Waals surface area contributed by atoms with Crippen molar-refractivity contribution < 1.29 is 4.74 Å². The van der Waals surface area contributed by atoms with Crippen molar-refractivity contribution >= 4 is 153 Å². The van der Waals surface area contributed by atoms with Crippen LogP contribution in [0.15, 0.2) is 564 Å². The van der Waals surface area contributed by atoms with Gasteiger partial charge in [-0.1, -0.05) is 461 Å². The Morgan fingerprint density at radius 3 is 0.993 bits per heavy atom. The van der Waals surface area contributed by atoms with Gasteiger partial charge in [0.05, 0.1) is 39.8 Å². The van der Waals surface area contributed by atoms with Crippen molar-refractivity contribution in [2.45, 2.75) is 0 Å². The van der Waals surface area contributed by atoms with E-state index in [-0.39, 0.29) is 0 Å². The lowest BCUT2D eigenvalue weighted by molar-refractivity contribution is 0.488. The zero-order valence-electron chi connectivity index (χ0n) is 81.0. The topological polar surface area (TPSA) is 25.4 Å². The lowest BCUT2D eigenvalue weighted by Gasteiger charge is -2.47. The van der Waals surface area contributed by atoms with Crippen LogP contribution >= 0.6 is 0 Å². The van der Waals surface area contributed by atoms with Crippen LogP contribution in [-0.4, -0.2) is 13.4 Å².